The maximum Gasteiger partial charge on any atom is 0.191 e. The summed E-state index contributed by atoms with van der Waals surface area (Å²) >= 11 is 0. The Balaban J connectivity index is 1.51. The highest BCUT2D eigenvalue weighted by Gasteiger charge is 2.06. The fourth-order valence-corrected chi connectivity index (χ4v) is 3.22. The van der Waals surface area contributed by atoms with Gasteiger partial charge in [-0.05, 0) is 62.1 Å². The van der Waals surface area contributed by atoms with Gasteiger partial charge in [0.1, 0.15) is 5.75 Å². The Morgan fingerprint density at radius 2 is 1.93 bits per heavy atom. The van der Waals surface area contributed by atoms with E-state index in [-0.39, 0.29) is 0 Å². The third-order valence-corrected chi connectivity index (χ3v) is 4.83. The van der Waals surface area contributed by atoms with Crippen LogP contribution in [0.2, 0.25) is 0 Å². The summed E-state index contributed by atoms with van der Waals surface area (Å²) < 4.78 is 7.24. The van der Waals surface area contributed by atoms with Crippen molar-refractivity contribution < 1.29 is 4.74 Å². The van der Waals surface area contributed by atoms with Crippen molar-refractivity contribution in [2.24, 2.45) is 4.99 Å². The predicted molar refractivity (Wildman–Crippen MR) is 122 cm³/mol. The lowest BCUT2D eigenvalue weighted by molar-refractivity contribution is 0.414. The second-order valence-corrected chi connectivity index (χ2v) is 7.10. The van der Waals surface area contributed by atoms with Crippen LogP contribution in [0.4, 0.5) is 0 Å². The molecule has 3 rings (SSSR count). The summed E-state index contributed by atoms with van der Waals surface area (Å²) in [6.45, 7) is 6.42. The monoisotopic (exact) mass is 405 g/mol. The van der Waals surface area contributed by atoms with Crippen molar-refractivity contribution in [3.63, 3.8) is 0 Å². The molecule has 2 N–H and O–H groups in total. The van der Waals surface area contributed by atoms with Crippen LogP contribution in [0.3, 0.4) is 0 Å². The molecule has 6 heteroatoms. The van der Waals surface area contributed by atoms with Gasteiger partial charge in [0, 0.05) is 19.3 Å². The van der Waals surface area contributed by atoms with Crippen LogP contribution in [-0.2, 0) is 13.0 Å². The first-order chi connectivity index (χ1) is 14.7. The molecule has 158 valence electrons. The van der Waals surface area contributed by atoms with Crippen LogP contribution >= 0.6 is 0 Å². The summed E-state index contributed by atoms with van der Waals surface area (Å²) in [7, 11) is 1.68. The molecule has 0 aliphatic carbocycles. The standard InChI is InChI=1S/C24H31N5O/c1-4-25-24(27-17-20-10-8-14-23(16-20)30-3)26-15-9-11-21-18-29(28-19(21)2)22-12-6-5-7-13-22/h5-8,10,12-14,16,18H,4,9,11,15,17H2,1-3H3,(H2,25,26,27). The molecule has 6 nitrogen and oxygen atoms in total. The minimum absolute atomic E-state index is 0.607. The largest absolute Gasteiger partial charge is 0.497 e. The highest BCUT2D eigenvalue weighted by Crippen LogP contribution is 2.14. The number of nitrogens with one attached hydrogen (secondary N) is 2. The van der Waals surface area contributed by atoms with E-state index in [4.69, 9.17) is 4.74 Å². The lowest BCUT2D eigenvalue weighted by Crippen LogP contribution is -2.37. The molecule has 3 aromatic rings. The quantitative estimate of drug-likeness (QED) is 0.322. The van der Waals surface area contributed by atoms with Crippen LogP contribution in [0.15, 0.2) is 65.8 Å². The van der Waals surface area contributed by atoms with Gasteiger partial charge in [-0.3, -0.25) is 0 Å². The molecule has 1 heterocycles. The van der Waals surface area contributed by atoms with Crippen molar-refractivity contribution in [1.82, 2.24) is 20.4 Å². The molecule has 0 unspecified atom stereocenters. The van der Waals surface area contributed by atoms with Crippen LogP contribution in [-0.4, -0.2) is 35.9 Å². The van der Waals surface area contributed by atoms with Gasteiger partial charge in [-0.1, -0.05) is 30.3 Å². The van der Waals surface area contributed by atoms with Gasteiger partial charge in [0.05, 0.1) is 25.0 Å². The molecule has 30 heavy (non-hydrogen) atoms. The third kappa shape index (κ3) is 6.11. The Bertz CT molecular complexity index is 949. The number of methoxy groups -OCH3 is 1. The topological polar surface area (TPSA) is 63.5 Å². The number of para-hydroxylation sites is 1. The fraction of sp³-hybridized carbons (Fsp3) is 0.333. The summed E-state index contributed by atoms with van der Waals surface area (Å²) in [5.41, 5.74) is 4.57. The van der Waals surface area contributed by atoms with Gasteiger partial charge in [0.2, 0.25) is 0 Å². The SMILES string of the molecule is CCNC(=NCc1cccc(OC)c1)NCCCc1cn(-c2ccccc2)nc1C. The Morgan fingerprint density at radius 1 is 1.10 bits per heavy atom. The van der Waals surface area contributed by atoms with Crippen molar-refractivity contribution >= 4 is 5.96 Å². The van der Waals surface area contributed by atoms with E-state index in [1.54, 1.807) is 7.11 Å². The number of aromatic nitrogens is 2. The van der Waals surface area contributed by atoms with Gasteiger partial charge < -0.3 is 15.4 Å². The molecule has 0 saturated heterocycles. The molecule has 0 atom stereocenters. The van der Waals surface area contributed by atoms with Crippen LogP contribution in [0.5, 0.6) is 5.75 Å². The smallest absolute Gasteiger partial charge is 0.191 e. The van der Waals surface area contributed by atoms with Crippen molar-refractivity contribution in [3.8, 4) is 11.4 Å². The molecular weight excluding hydrogens is 374 g/mol. The number of rotatable bonds is 9. The van der Waals surface area contributed by atoms with Crippen LogP contribution in [0.1, 0.15) is 30.2 Å². The number of nitrogens with zero attached hydrogens (tertiary/aromatic N) is 3. The van der Waals surface area contributed by atoms with E-state index in [1.807, 2.05) is 41.1 Å². The number of hydrogen-bond donors (Lipinski definition) is 2. The van der Waals surface area contributed by atoms with E-state index in [1.165, 1.54) is 5.56 Å². The van der Waals surface area contributed by atoms with Gasteiger partial charge in [0.15, 0.2) is 5.96 Å². The molecule has 1 aromatic heterocycles. The molecule has 0 bridgehead atoms. The normalized spacial score (nSPS) is 11.4. The van der Waals surface area contributed by atoms with Crippen molar-refractivity contribution in [2.75, 3.05) is 20.2 Å². The van der Waals surface area contributed by atoms with Crippen LogP contribution in [0.25, 0.3) is 5.69 Å². The van der Waals surface area contributed by atoms with Gasteiger partial charge >= 0.3 is 0 Å². The van der Waals surface area contributed by atoms with Crippen LogP contribution in [0, 0.1) is 6.92 Å². The highest BCUT2D eigenvalue weighted by molar-refractivity contribution is 5.79. The number of benzene rings is 2. The van der Waals surface area contributed by atoms with E-state index in [0.29, 0.717) is 6.54 Å². The van der Waals surface area contributed by atoms with Crippen LogP contribution < -0.4 is 15.4 Å². The average Bonchev–Trinajstić information content (AvgIpc) is 3.16. The Labute approximate surface area is 179 Å². The van der Waals surface area contributed by atoms with E-state index in [2.05, 4.69) is 59.0 Å². The van der Waals surface area contributed by atoms with Gasteiger partial charge in [-0.25, -0.2) is 9.67 Å². The van der Waals surface area contributed by atoms with Gasteiger partial charge in [-0.15, -0.1) is 0 Å². The van der Waals surface area contributed by atoms with E-state index in [9.17, 15) is 0 Å². The molecule has 0 saturated carbocycles. The minimum Gasteiger partial charge on any atom is -0.497 e. The summed E-state index contributed by atoms with van der Waals surface area (Å²) in [5, 5.41) is 11.4. The van der Waals surface area contributed by atoms with Crippen molar-refractivity contribution in [1.29, 1.82) is 0 Å². The summed E-state index contributed by atoms with van der Waals surface area (Å²) in [4.78, 5) is 4.69. The minimum atomic E-state index is 0.607. The third-order valence-electron chi connectivity index (χ3n) is 4.83. The number of hydrogen-bond acceptors (Lipinski definition) is 3. The Hall–Kier alpha value is -3.28. The predicted octanol–water partition coefficient (Wildman–Crippen LogP) is 3.88. The Morgan fingerprint density at radius 3 is 2.70 bits per heavy atom. The molecule has 0 fully saturated rings. The van der Waals surface area contributed by atoms with Crippen molar-refractivity contribution in [3.05, 3.63) is 77.6 Å². The lowest BCUT2D eigenvalue weighted by Gasteiger charge is -2.11. The van der Waals surface area contributed by atoms with E-state index in [0.717, 1.165) is 54.6 Å². The van der Waals surface area contributed by atoms with E-state index < -0.39 is 0 Å². The number of ether oxygens (including phenoxy) is 1. The molecule has 2 aromatic carbocycles. The first kappa shape index (κ1) is 21.4. The van der Waals surface area contributed by atoms with Gasteiger partial charge in [-0.2, -0.15) is 5.10 Å². The second kappa shape index (κ2) is 11.0. The molecular formula is C24H31N5O. The first-order valence-corrected chi connectivity index (χ1v) is 10.4. The molecule has 0 spiro atoms. The van der Waals surface area contributed by atoms with E-state index >= 15 is 0 Å². The molecule has 0 aliphatic heterocycles. The zero-order valence-corrected chi connectivity index (χ0v) is 18.1. The number of aliphatic imine (C=N–C) groups is 1. The highest BCUT2D eigenvalue weighted by atomic mass is 16.5. The van der Waals surface area contributed by atoms with Crippen molar-refractivity contribution in [2.45, 2.75) is 33.2 Å². The Kier molecular flexibility index (Phi) is 7.89. The number of guanidine groups is 1. The second-order valence-electron chi connectivity index (χ2n) is 7.10. The summed E-state index contributed by atoms with van der Waals surface area (Å²) in [5.74, 6) is 1.68. The maximum absolute atomic E-state index is 5.28. The first-order valence-electron chi connectivity index (χ1n) is 10.4. The zero-order valence-electron chi connectivity index (χ0n) is 18.1. The average molecular weight is 406 g/mol. The fourth-order valence-electron chi connectivity index (χ4n) is 3.22. The zero-order chi connectivity index (χ0) is 21.2. The molecule has 0 aliphatic rings. The van der Waals surface area contributed by atoms with Gasteiger partial charge in [0.25, 0.3) is 0 Å². The lowest BCUT2D eigenvalue weighted by atomic mass is 10.1. The maximum atomic E-state index is 5.28. The summed E-state index contributed by atoms with van der Waals surface area (Å²) in [6, 6.07) is 18.2. The summed E-state index contributed by atoms with van der Waals surface area (Å²) in [6.07, 6.45) is 4.11. The molecule has 0 amide bonds. The molecule has 0 radical (unpaired) electrons. The number of aryl methyl sites for hydroxylation is 2.